The first-order valence-electron chi connectivity index (χ1n) is 7.67. The average molecular weight is 264 g/mol. The first kappa shape index (κ1) is 14.5. The molecule has 0 radical (unpaired) electrons. The van der Waals surface area contributed by atoms with E-state index in [0.717, 1.165) is 12.6 Å². The van der Waals surface area contributed by atoms with Gasteiger partial charge in [0.1, 0.15) is 0 Å². The van der Waals surface area contributed by atoms with E-state index in [1.54, 1.807) is 0 Å². The number of unbranched alkanes of at least 4 members (excludes halogenated alkanes) is 1. The minimum absolute atomic E-state index is 0.339. The average Bonchev–Trinajstić information content (AvgIpc) is 3.11. The van der Waals surface area contributed by atoms with Gasteiger partial charge in [0.25, 0.3) is 0 Å². The van der Waals surface area contributed by atoms with Crippen molar-refractivity contribution in [2.24, 2.45) is 5.73 Å². The van der Waals surface area contributed by atoms with E-state index in [4.69, 9.17) is 5.73 Å². The molecule has 0 aliphatic heterocycles. The maximum atomic E-state index is 6.05. The minimum atomic E-state index is 0.339. The van der Waals surface area contributed by atoms with Crippen LogP contribution in [0.3, 0.4) is 0 Å². The van der Waals surface area contributed by atoms with E-state index in [1.165, 1.54) is 31.2 Å². The SMILES string of the molecule is CCCCN(C1CC1)C(CN)c1cnn(C(C)C)c1. The maximum Gasteiger partial charge on any atom is 0.0538 e. The summed E-state index contributed by atoms with van der Waals surface area (Å²) in [6.07, 6.45) is 9.33. The van der Waals surface area contributed by atoms with Gasteiger partial charge in [-0.15, -0.1) is 0 Å². The number of hydrogen-bond donors (Lipinski definition) is 1. The van der Waals surface area contributed by atoms with E-state index in [1.807, 2.05) is 10.9 Å². The van der Waals surface area contributed by atoms with Crippen molar-refractivity contribution in [2.45, 2.75) is 64.6 Å². The molecule has 19 heavy (non-hydrogen) atoms. The van der Waals surface area contributed by atoms with Crippen molar-refractivity contribution in [1.29, 1.82) is 0 Å². The monoisotopic (exact) mass is 264 g/mol. The van der Waals surface area contributed by atoms with Gasteiger partial charge in [-0.3, -0.25) is 9.58 Å². The van der Waals surface area contributed by atoms with Gasteiger partial charge in [-0.1, -0.05) is 13.3 Å². The quantitative estimate of drug-likeness (QED) is 0.785. The standard InChI is InChI=1S/C15H28N4/c1-4-5-8-18(14-6-7-14)15(9-16)13-10-17-19(11-13)12(2)3/h10-12,14-15H,4-9,16H2,1-3H3. The lowest BCUT2D eigenvalue weighted by molar-refractivity contribution is 0.188. The van der Waals surface area contributed by atoms with E-state index >= 15 is 0 Å². The molecule has 0 amide bonds. The molecular formula is C15H28N4. The van der Waals surface area contributed by atoms with Gasteiger partial charge in [0.15, 0.2) is 0 Å². The van der Waals surface area contributed by atoms with Crippen molar-refractivity contribution in [3.8, 4) is 0 Å². The lowest BCUT2D eigenvalue weighted by atomic mass is 10.1. The Morgan fingerprint density at radius 1 is 1.47 bits per heavy atom. The van der Waals surface area contributed by atoms with Crippen molar-refractivity contribution in [3.63, 3.8) is 0 Å². The molecule has 1 aliphatic rings. The van der Waals surface area contributed by atoms with Gasteiger partial charge in [-0.2, -0.15) is 5.10 Å². The summed E-state index contributed by atoms with van der Waals surface area (Å²) < 4.78 is 2.03. The Morgan fingerprint density at radius 2 is 2.21 bits per heavy atom. The zero-order valence-corrected chi connectivity index (χ0v) is 12.5. The van der Waals surface area contributed by atoms with Crippen LogP contribution in [0.25, 0.3) is 0 Å². The number of aromatic nitrogens is 2. The fourth-order valence-corrected chi connectivity index (χ4v) is 2.61. The Morgan fingerprint density at radius 3 is 2.68 bits per heavy atom. The summed E-state index contributed by atoms with van der Waals surface area (Å²) in [5.74, 6) is 0. The van der Waals surface area contributed by atoms with Crippen LogP contribution in [0.15, 0.2) is 12.4 Å². The molecule has 1 aliphatic carbocycles. The smallest absolute Gasteiger partial charge is 0.0538 e. The van der Waals surface area contributed by atoms with Crippen molar-refractivity contribution in [1.82, 2.24) is 14.7 Å². The Hall–Kier alpha value is -0.870. The number of rotatable bonds is 8. The second kappa shape index (κ2) is 6.53. The van der Waals surface area contributed by atoms with Crippen molar-refractivity contribution in [3.05, 3.63) is 18.0 Å². The maximum absolute atomic E-state index is 6.05. The van der Waals surface area contributed by atoms with Crippen LogP contribution in [0.5, 0.6) is 0 Å². The van der Waals surface area contributed by atoms with Crippen LogP contribution in [-0.2, 0) is 0 Å². The molecule has 1 unspecified atom stereocenters. The molecule has 1 atom stereocenters. The highest BCUT2D eigenvalue weighted by atomic mass is 15.3. The Labute approximate surface area is 117 Å². The van der Waals surface area contributed by atoms with Crippen molar-refractivity contribution in [2.75, 3.05) is 13.1 Å². The van der Waals surface area contributed by atoms with E-state index in [2.05, 4.69) is 37.0 Å². The normalized spacial score (nSPS) is 17.4. The van der Waals surface area contributed by atoms with Crippen LogP contribution in [0.2, 0.25) is 0 Å². The van der Waals surface area contributed by atoms with Crippen LogP contribution in [0, 0.1) is 0 Å². The molecule has 1 heterocycles. The number of nitrogens with zero attached hydrogens (tertiary/aromatic N) is 3. The van der Waals surface area contributed by atoms with Crippen molar-refractivity contribution >= 4 is 0 Å². The Balaban J connectivity index is 2.11. The van der Waals surface area contributed by atoms with Crippen LogP contribution in [-0.4, -0.2) is 33.8 Å². The van der Waals surface area contributed by atoms with Crippen LogP contribution >= 0.6 is 0 Å². The summed E-state index contributed by atoms with van der Waals surface area (Å²) in [6, 6.07) is 1.51. The Kier molecular flexibility index (Phi) is 4.99. The molecule has 0 spiro atoms. The molecule has 1 saturated carbocycles. The molecule has 4 heteroatoms. The topological polar surface area (TPSA) is 47.1 Å². The summed E-state index contributed by atoms with van der Waals surface area (Å²) in [5, 5.41) is 4.46. The van der Waals surface area contributed by atoms with E-state index in [-0.39, 0.29) is 0 Å². The zero-order chi connectivity index (χ0) is 13.8. The highest BCUT2D eigenvalue weighted by molar-refractivity contribution is 5.13. The van der Waals surface area contributed by atoms with Gasteiger partial charge in [0.2, 0.25) is 0 Å². The van der Waals surface area contributed by atoms with Crippen LogP contribution in [0.1, 0.15) is 64.1 Å². The zero-order valence-electron chi connectivity index (χ0n) is 12.5. The molecule has 2 rings (SSSR count). The molecule has 2 N–H and O–H groups in total. The van der Waals surface area contributed by atoms with Crippen LogP contribution in [0.4, 0.5) is 0 Å². The number of hydrogen-bond acceptors (Lipinski definition) is 3. The summed E-state index contributed by atoms with van der Waals surface area (Å²) in [5.41, 5.74) is 7.33. The third kappa shape index (κ3) is 3.57. The predicted octanol–water partition coefficient (Wildman–Crippen LogP) is 2.73. The third-order valence-corrected chi connectivity index (χ3v) is 3.94. The summed E-state index contributed by atoms with van der Waals surface area (Å²) in [4.78, 5) is 2.60. The molecular weight excluding hydrogens is 236 g/mol. The Bertz CT molecular complexity index is 381. The summed E-state index contributed by atoms with van der Waals surface area (Å²) >= 11 is 0. The second-order valence-electron chi connectivity index (χ2n) is 5.92. The molecule has 0 bridgehead atoms. The first-order valence-corrected chi connectivity index (χ1v) is 7.67. The lowest BCUT2D eigenvalue weighted by Gasteiger charge is -2.30. The van der Waals surface area contributed by atoms with E-state index in [9.17, 15) is 0 Å². The van der Waals surface area contributed by atoms with Gasteiger partial charge in [-0.25, -0.2) is 0 Å². The van der Waals surface area contributed by atoms with Gasteiger partial charge in [0, 0.05) is 30.4 Å². The highest BCUT2D eigenvalue weighted by Gasteiger charge is 2.34. The third-order valence-electron chi connectivity index (χ3n) is 3.94. The number of nitrogens with two attached hydrogens (primary N) is 1. The largest absolute Gasteiger partial charge is 0.329 e. The molecule has 108 valence electrons. The molecule has 4 nitrogen and oxygen atoms in total. The van der Waals surface area contributed by atoms with Gasteiger partial charge < -0.3 is 5.73 Å². The van der Waals surface area contributed by atoms with Gasteiger partial charge >= 0.3 is 0 Å². The van der Waals surface area contributed by atoms with Gasteiger partial charge in [-0.05, 0) is 39.7 Å². The summed E-state index contributed by atoms with van der Waals surface area (Å²) in [6.45, 7) is 8.41. The van der Waals surface area contributed by atoms with Crippen LogP contribution < -0.4 is 5.73 Å². The lowest BCUT2D eigenvalue weighted by Crippen LogP contribution is -2.36. The van der Waals surface area contributed by atoms with E-state index in [0.29, 0.717) is 18.6 Å². The van der Waals surface area contributed by atoms with Crippen molar-refractivity contribution < 1.29 is 0 Å². The summed E-state index contributed by atoms with van der Waals surface area (Å²) in [7, 11) is 0. The molecule has 0 aromatic carbocycles. The molecule has 1 aromatic rings. The fourth-order valence-electron chi connectivity index (χ4n) is 2.61. The fraction of sp³-hybridized carbons (Fsp3) is 0.800. The van der Waals surface area contributed by atoms with Gasteiger partial charge in [0.05, 0.1) is 12.2 Å². The predicted molar refractivity (Wildman–Crippen MR) is 79.0 cm³/mol. The second-order valence-corrected chi connectivity index (χ2v) is 5.92. The first-order chi connectivity index (χ1) is 9.17. The molecule has 1 aromatic heterocycles. The van der Waals surface area contributed by atoms with E-state index < -0.39 is 0 Å². The minimum Gasteiger partial charge on any atom is -0.329 e. The molecule has 0 saturated heterocycles. The highest BCUT2D eigenvalue weighted by Crippen LogP contribution is 2.34. The molecule has 1 fully saturated rings.